The van der Waals surface area contributed by atoms with E-state index in [2.05, 4.69) is 5.32 Å². The van der Waals surface area contributed by atoms with Crippen molar-refractivity contribution in [3.05, 3.63) is 0 Å². The van der Waals surface area contributed by atoms with Crippen molar-refractivity contribution in [1.82, 2.24) is 10.2 Å². The van der Waals surface area contributed by atoms with Crippen molar-refractivity contribution < 1.29 is 14.3 Å². The van der Waals surface area contributed by atoms with Gasteiger partial charge in [0, 0.05) is 26.7 Å². The Balaban J connectivity index is 1.78. The molecule has 5 nitrogen and oxygen atoms in total. The van der Waals surface area contributed by atoms with E-state index in [1.54, 1.807) is 4.90 Å². The maximum absolute atomic E-state index is 12.1. The second-order valence-electron chi connectivity index (χ2n) is 4.93. The number of hydrogen-bond acceptors (Lipinski definition) is 4. The molecule has 0 aliphatic carbocycles. The zero-order valence-corrected chi connectivity index (χ0v) is 10.6. The second kappa shape index (κ2) is 5.80. The van der Waals surface area contributed by atoms with Gasteiger partial charge in [-0.25, -0.2) is 0 Å². The molecule has 17 heavy (non-hydrogen) atoms. The molecule has 0 bridgehead atoms. The summed E-state index contributed by atoms with van der Waals surface area (Å²) in [5, 5.41) is 3.26. The highest BCUT2D eigenvalue weighted by Crippen LogP contribution is 2.20. The Bertz CT molecular complexity index is 266. The summed E-state index contributed by atoms with van der Waals surface area (Å²) in [4.78, 5) is 13.8. The first kappa shape index (κ1) is 12.8. The Kier molecular flexibility index (Phi) is 4.36. The second-order valence-corrected chi connectivity index (χ2v) is 4.93. The predicted octanol–water partition coefficient (Wildman–Crippen LogP) is 0.000700. The standard InChI is InChI=1S/C12H22N2O3/c1-9-3-4-11(17-9)12(15)14(2)8-10-7-13-5-6-16-10/h9-11,13H,3-8H2,1-2H3. The lowest BCUT2D eigenvalue weighted by molar-refractivity contribution is -0.143. The fourth-order valence-corrected chi connectivity index (χ4v) is 2.36. The molecule has 0 saturated carbocycles. The van der Waals surface area contributed by atoms with Gasteiger partial charge in [0.1, 0.15) is 6.10 Å². The largest absolute Gasteiger partial charge is 0.374 e. The number of carbonyl (C=O) groups is 1. The van der Waals surface area contributed by atoms with Crippen LogP contribution in [0.2, 0.25) is 0 Å². The summed E-state index contributed by atoms with van der Waals surface area (Å²) in [5.74, 6) is 0.0866. The summed E-state index contributed by atoms with van der Waals surface area (Å²) in [6.07, 6.45) is 1.90. The highest BCUT2D eigenvalue weighted by molar-refractivity contribution is 5.81. The van der Waals surface area contributed by atoms with E-state index in [9.17, 15) is 4.79 Å². The first-order valence-electron chi connectivity index (χ1n) is 6.39. The number of carbonyl (C=O) groups excluding carboxylic acids is 1. The fourth-order valence-electron chi connectivity index (χ4n) is 2.36. The number of nitrogens with zero attached hydrogens (tertiary/aromatic N) is 1. The molecule has 2 fully saturated rings. The van der Waals surface area contributed by atoms with Crippen LogP contribution in [0.25, 0.3) is 0 Å². The van der Waals surface area contributed by atoms with Gasteiger partial charge in [0.25, 0.3) is 5.91 Å². The Hall–Kier alpha value is -0.650. The maximum atomic E-state index is 12.1. The quantitative estimate of drug-likeness (QED) is 0.757. The number of rotatable bonds is 3. The van der Waals surface area contributed by atoms with E-state index in [1.165, 1.54) is 0 Å². The molecule has 2 saturated heterocycles. The number of nitrogens with one attached hydrogen (secondary N) is 1. The van der Waals surface area contributed by atoms with Crippen molar-refractivity contribution in [2.45, 2.75) is 38.1 Å². The molecule has 98 valence electrons. The molecule has 1 amide bonds. The normalized spacial score (nSPS) is 33.6. The van der Waals surface area contributed by atoms with Crippen LogP contribution in [-0.2, 0) is 14.3 Å². The summed E-state index contributed by atoms with van der Waals surface area (Å²) in [6, 6.07) is 0. The van der Waals surface area contributed by atoms with Gasteiger partial charge in [-0.05, 0) is 19.8 Å². The number of likely N-dealkylation sites (N-methyl/N-ethyl adjacent to an activating group) is 1. The van der Waals surface area contributed by atoms with Crippen molar-refractivity contribution >= 4 is 5.91 Å². The minimum atomic E-state index is -0.244. The maximum Gasteiger partial charge on any atom is 0.251 e. The first-order valence-corrected chi connectivity index (χ1v) is 6.39. The van der Waals surface area contributed by atoms with Gasteiger partial charge in [-0.15, -0.1) is 0 Å². The summed E-state index contributed by atoms with van der Waals surface area (Å²) in [7, 11) is 1.83. The van der Waals surface area contributed by atoms with Crippen LogP contribution in [0.5, 0.6) is 0 Å². The number of morpholine rings is 1. The van der Waals surface area contributed by atoms with Crippen LogP contribution in [0.3, 0.4) is 0 Å². The average Bonchev–Trinajstić information content (AvgIpc) is 2.76. The van der Waals surface area contributed by atoms with Crippen molar-refractivity contribution in [1.29, 1.82) is 0 Å². The molecule has 1 N–H and O–H groups in total. The van der Waals surface area contributed by atoms with E-state index in [1.807, 2.05) is 14.0 Å². The fraction of sp³-hybridized carbons (Fsp3) is 0.917. The molecule has 3 unspecified atom stereocenters. The molecule has 2 rings (SSSR count). The SMILES string of the molecule is CC1CCC(C(=O)N(C)CC2CNCCO2)O1. The molecule has 0 aromatic heterocycles. The lowest BCUT2D eigenvalue weighted by Gasteiger charge is -2.29. The third kappa shape index (κ3) is 3.40. The van der Waals surface area contributed by atoms with Crippen molar-refractivity contribution in [3.8, 4) is 0 Å². The Labute approximate surface area is 102 Å². The molecule has 2 heterocycles. The molecule has 0 radical (unpaired) electrons. The van der Waals surface area contributed by atoms with Gasteiger partial charge in [-0.2, -0.15) is 0 Å². The minimum Gasteiger partial charge on any atom is -0.374 e. The Morgan fingerprint density at radius 3 is 2.88 bits per heavy atom. The third-order valence-corrected chi connectivity index (χ3v) is 3.37. The minimum absolute atomic E-state index is 0.0866. The number of ether oxygens (including phenoxy) is 2. The van der Waals surface area contributed by atoms with E-state index >= 15 is 0 Å². The molecular formula is C12H22N2O3. The van der Waals surface area contributed by atoms with Crippen LogP contribution in [0.15, 0.2) is 0 Å². The van der Waals surface area contributed by atoms with Crippen LogP contribution in [-0.4, -0.2) is 62.4 Å². The van der Waals surface area contributed by atoms with Gasteiger partial charge in [-0.3, -0.25) is 4.79 Å². The average molecular weight is 242 g/mol. The predicted molar refractivity (Wildman–Crippen MR) is 63.8 cm³/mol. The van der Waals surface area contributed by atoms with Gasteiger partial charge in [-0.1, -0.05) is 0 Å². The van der Waals surface area contributed by atoms with E-state index in [0.29, 0.717) is 6.54 Å². The van der Waals surface area contributed by atoms with Crippen molar-refractivity contribution in [3.63, 3.8) is 0 Å². The van der Waals surface area contributed by atoms with Crippen molar-refractivity contribution in [2.24, 2.45) is 0 Å². The Morgan fingerprint density at radius 2 is 2.29 bits per heavy atom. The van der Waals surface area contributed by atoms with Gasteiger partial charge < -0.3 is 19.7 Å². The van der Waals surface area contributed by atoms with Crippen molar-refractivity contribution in [2.75, 3.05) is 33.3 Å². The summed E-state index contributed by atoms with van der Waals surface area (Å²) >= 11 is 0. The van der Waals surface area contributed by atoms with Crippen LogP contribution >= 0.6 is 0 Å². The van der Waals surface area contributed by atoms with Gasteiger partial charge >= 0.3 is 0 Å². The Morgan fingerprint density at radius 1 is 1.47 bits per heavy atom. The zero-order chi connectivity index (χ0) is 12.3. The summed E-state index contributed by atoms with van der Waals surface area (Å²) < 4.78 is 11.2. The smallest absolute Gasteiger partial charge is 0.251 e. The molecule has 2 aliphatic heterocycles. The molecule has 0 aromatic carbocycles. The van der Waals surface area contributed by atoms with Gasteiger partial charge in [0.05, 0.1) is 18.8 Å². The van der Waals surface area contributed by atoms with Gasteiger partial charge in [0.2, 0.25) is 0 Å². The summed E-state index contributed by atoms with van der Waals surface area (Å²) in [6.45, 7) is 5.10. The number of hydrogen-bond donors (Lipinski definition) is 1. The monoisotopic (exact) mass is 242 g/mol. The molecule has 3 atom stereocenters. The third-order valence-electron chi connectivity index (χ3n) is 3.37. The van der Waals surface area contributed by atoms with E-state index in [-0.39, 0.29) is 24.2 Å². The highest BCUT2D eigenvalue weighted by Gasteiger charge is 2.31. The lowest BCUT2D eigenvalue weighted by Crippen LogP contribution is -2.47. The van der Waals surface area contributed by atoms with Crippen LogP contribution in [0, 0.1) is 0 Å². The molecule has 0 spiro atoms. The van der Waals surface area contributed by atoms with E-state index in [0.717, 1.165) is 32.5 Å². The van der Waals surface area contributed by atoms with Gasteiger partial charge in [0.15, 0.2) is 0 Å². The first-order chi connectivity index (χ1) is 8.16. The molecule has 2 aliphatic rings. The molecular weight excluding hydrogens is 220 g/mol. The molecule has 5 heteroatoms. The highest BCUT2D eigenvalue weighted by atomic mass is 16.5. The van der Waals surface area contributed by atoms with Crippen LogP contribution < -0.4 is 5.32 Å². The molecule has 0 aromatic rings. The summed E-state index contributed by atoms with van der Waals surface area (Å²) in [5.41, 5.74) is 0. The topological polar surface area (TPSA) is 50.8 Å². The number of amides is 1. The van der Waals surface area contributed by atoms with E-state index < -0.39 is 0 Å². The van der Waals surface area contributed by atoms with Crippen LogP contribution in [0.4, 0.5) is 0 Å². The van der Waals surface area contributed by atoms with E-state index in [4.69, 9.17) is 9.47 Å². The van der Waals surface area contributed by atoms with Crippen LogP contribution in [0.1, 0.15) is 19.8 Å². The zero-order valence-electron chi connectivity index (χ0n) is 10.6. The lowest BCUT2D eigenvalue weighted by atomic mass is 10.2.